The van der Waals surface area contributed by atoms with Gasteiger partial charge in [-0.25, -0.2) is 19.4 Å². The van der Waals surface area contributed by atoms with Crippen LogP contribution >= 0.6 is 0 Å². The summed E-state index contributed by atoms with van der Waals surface area (Å²) in [6.45, 7) is 11.1. The summed E-state index contributed by atoms with van der Waals surface area (Å²) < 4.78 is 21.9. The van der Waals surface area contributed by atoms with Gasteiger partial charge >= 0.3 is 18.0 Å². The first-order chi connectivity index (χ1) is 23.8. The van der Waals surface area contributed by atoms with Crippen molar-refractivity contribution in [3.05, 3.63) is 54.3 Å². The number of fused-ring (bicyclic) bond motifs is 1. The minimum Gasteiger partial charge on any atom is -0.496 e. The van der Waals surface area contributed by atoms with Crippen LogP contribution in [0.25, 0.3) is 10.9 Å². The van der Waals surface area contributed by atoms with Crippen molar-refractivity contribution in [2.75, 3.05) is 27.9 Å². The van der Waals surface area contributed by atoms with Crippen LogP contribution in [0.2, 0.25) is 0 Å². The molecule has 0 bridgehead atoms. The summed E-state index contributed by atoms with van der Waals surface area (Å²) in [7, 11) is 4.01. The first-order valence-electron chi connectivity index (χ1n) is 16.7. The smallest absolute Gasteiger partial charge is 0.356 e. The molecular formula is C36H45N5O9. The topological polar surface area (TPSA) is 174 Å². The number of aromatic nitrogens is 1. The van der Waals surface area contributed by atoms with Crippen molar-refractivity contribution >= 4 is 40.7 Å². The average Bonchev–Trinajstić information content (AvgIpc) is 3.36. The lowest BCUT2D eigenvalue weighted by Crippen LogP contribution is -2.57. The van der Waals surface area contributed by atoms with Crippen LogP contribution < -0.4 is 25.4 Å². The van der Waals surface area contributed by atoms with Gasteiger partial charge in [0, 0.05) is 35.9 Å². The van der Waals surface area contributed by atoms with E-state index in [0.717, 1.165) is 31.2 Å². The molecule has 2 heterocycles. The number of urea groups is 1. The number of ether oxygens (including phenoxy) is 4. The number of benzene rings is 1. The Kier molecular flexibility index (Phi) is 10.7. The maximum absolute atomic E-state index is 14.3. The molecule has 0 unspecified atom stereocenters. The number of esters is 2. The number of nitrogens with one attached hydrogen (secondary N) is 3. The molecule has 14 nitrogen and oxygen atoms in total. The van der Waals surface area contributed by atoms with Crippen LogP contribution in [0.1, 0.15) is 61.5 Å². The van der Waals surface area contributed by atoms with Gasteiger partial charge in [0.15, 0.2) is 5.69 Å². The van der Waals surface area contributed by atoms with Gasteiger partial charge in [-0.15, -0.1) is 6.58 Å². The molecule has 3 fully saturated rings. The zero-order valence-electron chi connectivity index (χ0n) is 29.1. The van der Waals surface area contributed by atoms with E-state index < -0.39 is 53.5 Å². The maximum Gasteiger partial charge on any atom is 0.356 e. The Morgan fingerprint density at radius 2 is 1.78 bits per heavy atom. The fourth-order valence-corrected chi connectivity index (χ4v) is 6.89. The van der Waals surface area contributed by atoms with Gasteiger partial charge in [-0.05, 0) is 50.3 Å². The Morgan fingerprint density at radius 1 is 1.06 bits per heavy atom. The van der Waals surface area contributed by atoms with Gasteiger partial charge in [0.1, 0.15) is 35.2 Å². The molecule has 3 N–H and O–H groups in total. The monoisotopic (exact) mass is 691 g/mol. The van der Waals surface area contributed by atoms with Gasteiger partial charge in [-0.3, -0.25) is 9.59 Å². The second-order valence-corrected chi connectivity index (χ2v) is 13.2. The predicted octanol–water partition coefficient (Wildman–Crippen LogP) is 3.11. The summed E-state index contributed by atoms with van der Waals surface area (Å²) in [6, 6.07) is 2.21. The lowest BCUT2D eigenvalue weighted by Gasteiger charge is -2.30. The van der Waals surface area contributed by atoms with Gasteiger partial charge < -0.3 is 39.8 Å². The van der Waals surface area contributed by atoms with Gasteiger partial charge in [0.05, 0.1) is 33.4 Å². The fourth-order valence-electron chi connectivity index (χ4n) is 6.89. The summed E-state index contributed by atoms with van der Waals surface area (Å²) >= 11 is 0. The first-order valence-corrected chi connectivity index (χ1v) is 16.7. The van der Waals surface area contributed by atoms with Gasteiger partial charge in [0.25, 0.3) is 0 Å². The molecule has 4 amide bonds. The number of carbonyl (C=O) groups excluding carboxylic acids is 5. The predicted molar refractivity (Wildman–Crippen MR) is 183 cm³/mol. The van der Waals surface area contributed by atoms with E-state index in [4.69, 9.17) is 18.9 Å². The van der Waals surface area contributed by atoms with Crippen LogP contribution in [0.5, 0.6) is 11.5 Å². The summed E-state index contributed by atoms with van der Waals surface area (Å²) in [5.74, 6) is -1.97. The zero-order chi connectivity index (χ0) is 36.3. The van der Waals surface area contributed by atoms with E-state index in [1.54, 1.807) is 19.1 Å². The van der Waals surface area contributed by atoms with Crippen LogP contribution in [0, 0.1) is 12.8 Å². The molecular weight excluding hydrogens is 646 g/mol. The molecule has 5 atom stereocenters. The second-order valence-electron chi connectivity index (χ2n) is 13.2. The SMILES string of the molecule is C=C[C@@H]1C[C@]1(NC(=O)[C@@H]1C[C@@H](Oc2cc(C(=O)OC)nc3cc(OC)c(C)cc23)CN1C(=O)[C@@H](NC(=O)NC1CCCC1)C(=C)C)C(=O)OC. The molecule has 2 saturated carbocycles. The van der Waals surface area contributed by atoms with E-state index in [9.17, 15) is 24.0 Å². The number of likely N-dealkylation sites (tertiary alicyclic amines) is 1. The number of hydrogen-bond acceptors (Lipinski definition) is 10. The zero-order valence-corrected chi connectivity index (χ0v) is 29.1. The van der Waals surface area contributed by atoms with E-state index >= 15 is 0 Å². The molecule has 5 rings (SSSR count). The third kappa shape index (κ3) is 7.24. The number of amides is 4. The third-order valence-electron chi connectivity index (χ3n) is 9.72. The van der Waals surface area contributed by atoms with Crippen LogP contribution in [0.3, 0.4) is 0 Å². The molecule has 1 saturated heterocycles. The lowest BCUT2D eigenvalue weighted by atomic mass is 10.1. The Hall–Kier alpha value is -5.14. The molecule has 50 heavy (non-hydrogen) atoms. The van der Waals surface area contributed by atoms with Crippen molar-refractivity contribution in [1.29, 1.82) is 0 Å². The summed E-state index contributed by atoms with van der Waals surface area (Å²) in [4.78, 5) is 72.5. The third-order valence-corrected chi connectivity index (χ3v) is 9.72. The minimum atomic E-state index is -1.30. The first kappa shape index (κ1) is 36.1. The van der Waals surface area contributed by atoms with E-state index in [1.807, 2.05) is 13.0 Å². The molecule has 0 radical (unpaired) electrons. The normalized spacial score (nSPS) is 23.4. The molecule has 14 heteroatoms. The quantitative estimate of drug-likeness (QED) is 0.222. The van der Waals surface area contributed by atoms with E-state index in [1.165, 1.54) is 32.3 Å². The molecule has 3 aliphatic rings. The molecule has 2 aromatic rings. The van der Waals surface area contributed by atoms with Crippen LogP contribution in [0.4, 0.5) is 4.79 Å². The fraction of sp³-hybridized carbons (Fsp3) is 0.500. The molecule has 2 aliphatic carbocycles. The number of methoxy groups -OCH3 is 3. The van der Waals surface area contributed by atoms with E-state index in [-0.39, 0.29) is 36.4 Å². The Bertz CT molecular complexity index is 1720. The maximum atomic E-state index is 14.3. The number of pyridine rings is 1. The lowest BCUT2D eigenvalue weighted by molar-refractivity contribution is -0.148. The van der Waals surface area contributed by atoms with Gasteiger partial charge in [0.2, 0.25) is 11.8 Å². The number of carbonyl (C=O) groups is 5. The summed E-state index contributed by atoms with van der Waals surface area (Å²) in [5.41, 5.74) is 0.257. The van der Waals surface area contributed by atoms with Crippen LogP contribution in [0.15, 0.2) is 43.0 Å². The van der Waals surface area contributed by atoms with Crippen molar-refractivity contribution in [1.82, 2.24) is 25.8 Å². The number of aryl methyl sites for hydroxylation is 1. The molecule has 1 aromatic carbocycles. The molecule has 1 aliphatic heterocycles. The average molecular weight is 692 g/mol. The highest BCUT2D eigenvalue weighted by atomic mass is 16.5. The summed E-state index contributed by atoms with van der Waals surface area (Å²) in [6.07, 6.45) is 4.89. The van der Waals surface area contributed by atoms with Crippen molar-refractivity contribution in [3.63, 3.8) is 0 Å². The highest BCUT2D eigenvalue weighted by Gasteiger charge is 2.62. The van der Waals surface area contributed by atoms with E-state index in [0.29, 0.717) is 28.6 Å². The van der Waals surface area contributed by atoms with Crippen molar-refractivity contribution in [3.8, 4) is 11.5 Å². The standard InChI is InChI=1S/C36H45N5O9/c1-8-21-17-36(21,34(45)49-7)40-31(42)27-14-23(18-41(27)32(43)30(19(2)3)39-35(46)37-22-11-9-10-12-22)50-29-16-26(33(44)48-6)38-25-15-28(47-5)20(4)13-24(25)29/h8,13,15-16,21-23,27,30H,1-2,9-12,14,17-18H2,3-7H3,(H,40,42)(H2,37,39,46)/t21-,23-,27+,30+,36-/m1/s1. The highest BCUT2D eigenvalue weighted by Crippen LogP contribution is 2.45. The van der Waals surface area contributed by atoms with Crippen LogP contribution in [-0.4, -0.2) is 97.3 Å². The number of nitrogens with zero attached hydrogens (tertiary/aromatic N) is 2. The highest BCUT2D eigenvalue weighted by molar-refractivity contribution is 5.98. The largest absolute Gasteiger partial charge is 0.496 e. The van der Waals surface area contributed by atoms with Crippen molar-refractivity contribution in [2.24, 2.45) is 5.92 Å². The van der Waals surface area contributed by atoms with Gasteiger partial charge in [-0.1, -0.05) is 25.5 Å². The van der Waals surface area contributed by atoms with Crippen LogP contribution in [-0.2, 0) is 23.9 Å². The van der Waals surface area contributed by atoms with Crippen molar-refractivity contribution in [2.45, 2.75) is 82.1 Å². The van der Waals surface area contributed by atoms with E-state index in [2.05, 4.69) is 34.1 Å². The minimum absolute atomic E-state index is 0.00910. The number of hydrogen-bond donors (Lipinski definition) is 3. The van der Waals surface area contributed by atoms with Crippen molar-refractivity contribution < 1.29 is 42.9 Å². The molecule has 1 aromatic heterocycles. The Labute approximate surface area is 290 Å². The Morgan fingerprint density at radius 3 is 2.38 bits per heavy atom. The molecule has 0 spiro atoms. The number of rotatable bonds is 12. The Balaban J connectivity index is 1.47. The second kappa shape index (κ2) is 14.8. The molecule has 268 valence electrons. The summed E-state index contributed by atoms with van der Waals surface area (Å²) in [5, 5.41) is 9.07. The van der Waals surface area contributed by atoms with Gasteiger partial charge in [-0.2, -0.15) is 0 Å².